The van der Waals surface area contributed by atoms with Crippen LogP contribution in [0.15, 0.2) is 18.2 Å². The fraction of sp³-hybridized carbons (Fsp3) is 0.214. The van der Waals surface area contributed by atoms with E-state index >= 15 is 0 Å². The molecule has 0 saturated carbocycles. The number of aromatic nitrogens is 4. The molecule has 21 heavy (non-hydrogen) atoms. The second kappa shape index (κ2) is 5.16. The number of hydrogen-bond donors (Lipinski definition) is 0. The molecule has 0 atom stereocenters. The molecule has 0 amide bonds. The lowest BCUT2D eigenvalue weighted by Crippen LogP contribution is -2.00. The van der Waals surface area contributed by atoms with Crippen LogP contribution in [0, 0.1) is 13.8 Å². The molecule has 0 bridgehead atoms. The van der Waals surface area contributed by atoms with Crippen molar-refractivity contribution < 1.29 is 4.74 Å². The molecule has 0 spiro atoms. The zero-order chi connectivity index (χ0) is 15.1. The van der Waals surface area contributed by atoms with E-state index < -0.39 is 0 Å². The van der Waals surface area contributed by atoms with E-state index in [1.54, 1.807) is 26.2 Å². The minimum atomic E-state index is 0.346. The van der Waals surface area contributed by atoms with Gasteiger partial charge in [-0.3, -0.25) is 4.57 Å². The molecule has 0 unspecified atom stereocenters. The molecular formula is C14H12Cl2N4O. The minimum absolute atomic E-state index is 0.346. The van der Waals surface area contributed by atoms with Gasteiger partial charge in [-0.2, -0.15) is 0 Å². The van der Waals surface area contributed by atoms with Crippen LogP contribution in [0.5, 0.6) is 5.75 Å². The van der Waals surface area contributed by atoms with Gasteiger partial charge in [-0.1, -0.05) is 23.2 Å². The van der Waals surface area contributed by atoms with Crippen molar-refractivity contribution in [1.29, 1.82) is 0 Å². The van der Waals surface area contributed by atoms with Crippen molar-refractivity contribution in [1.82, 2.24) is 19.5 Å². The summed E-state index contributed by atoms with van der Waals surface area (Å²) in [4.78, 5) is 13.0. The lowest BCUT2D eigenvalue weighted by molar-refractivity contribution is 0.415. The Bertz CT molecular complexity index is 845. The smallest absolute Gasteiger partial charge is 0.169 e. The van der Waals surface area contributed by atoms with Gasteiger partial charge in [0.25, 0.3) is 0 Å². The first-order valence-electron chi connectivity index (χ1n) is 6.24. The van der Waals surface area contributed by atoms with E-state index in [2.05, 4.69) is 15.0 Å². The first-order chi connectivity index (χ1) is 10.0. The number of ether oxygens (including phenoxy) is 1. The minimum Gasteiger partial charge on any atom is -0.495 e. The number of imidazole rings is 1. The maximum absolute atomic E-state index is 6.19. The van der Waals surface area contributed by atoms with Crippen LogP contribution in [0.1, 0.15) is 11.6 Å². The van der Waals surface area contributed by atoms with E-state index in [-0.39, 0.29) is 0 Å². The largest absolute Gasteiger partial charge is 0.495 e. The van der Waals surface area contributed by atoms with Gasteiger partial charge in [0.1, 0.15) is 22.9 Å². The molecule has 0 aliphatic heterocycles. The molecule has 0 radical (unpaired) electrons. The number of halogens is 2. The molecule has 5 nitrogen and oxygen atoms in total. The van der Waals surface area contributed by atoms with Gasteiger partial charge in [0, 0.05) is 0 Å². The van der Waals surface area contributed by atoms with Crippen molar-refractivity contribution in [3.63, 3.8) is 0 Å². The van der Waals surface area contributed by atoms with Gasteiger partial charge in [0.2, 0.25) is 0 Å². The maximum Gasteiger partial charge on any atom is 0.169 e. The van der Waals surface area contributed by atoms with Crippen LogP contribution in [0.3, 0.4) is 0 Å². The Labute approximate surface area is 131 Å². The van der Waals surface area contributed by atoms with Crippen LogP contribution < -0.4 is 4.74 Å². The van der Waals surface area contributed by atoms with E-state index in [1.165, 1.54) is 0 Å². The molecule has 0 saturated heterocycles. The predicted molar refractivity (Wildman–Crippen MR) is 82.7 cm³/mol. The van der Waals surface area contributed by atoms with Gasteiger partial charge in [-0.05, 0) is 32.0 Å². The first kappa shape index (κ1) is 14.1. The lowest BCUT2D eigenvalue weighted by Gasteiger charge is -2.09. The highest BCUT2D eigenvalue weighted by Crippen LogP contribution is 2.30. The summed E-state index contributed by atoms with van der Waals surface area (Å²) in [7, 11) is 1.58. The normalized spacial score (nSPS) is 11.1. The third-order valence-corrected chi connectivity index (χ3v) is 3.70. The number of rotatable bonds is 2. The molecule has 2 heterocycles. The SMILES string of the molecule is COc1ccc(-n2c(C)nc3c(Cl)nc(C)nc32)cc1Cl. The van der Waals surface area contributed by atoms with Gasteiger partial charge in [0.05, 0.1) is 17.8 Å². The van der Waals surface area contributed by atoms with Crippen molar-refractivity contribution in [3.8, 4) is 11.4 Å². The van der Waals surface area contributed by atoms with Crippen LogP contribution >= 0.6 is 23.2 Å². The second-order valence-electron chi connectivity index (χ2n) is 4.55. The first-order valence-corrected chi connectivity index (χ1v) is 7.00. The number of benzene rings is 1. The van der Waals surface area contributed by atoms with Gasteiger partial charge < -0.3 is 4.74 Å². The Hall–Kier alpha value is -1.85. The van der Waals surface area contributed by atoms with E-state index in [1.807, 2.05) is 17.6 Å². The summed E-state index contributed by atoms with van der Waals surface area (Å²) in [6.07, 6.45) is 0. The topological polar surface area (TPSA) is 52.8 Å². The van der Waals surface area contributed by atoms with Gasteiger partial charge in [0.15, 0.2) is 10.8 Å². The molecule has 3 rings (SSSR count). The van der Waals surface area contributed by atoms with E-state index in [0.717, 1.165) is 11.5 Å². The lowest BCUT2D eigenvalue weighted by atomic mass is 10.3. The third-order valence-electron chi connectivity index (χ3n) is 3.14. The fourth-order valence-corrected chi connectivity index (χ4v) is 2.74. The van der Waals surface area contributed by atoms with Gasteiger partial charge >= 0.3 is 0 Å². The van der Waals surface area contributed by atoms with Crippen molar-refractivity contribution >= 4 is 34.4 Å². The average Bonchev–Trinajstić information content (AvgIpc) is 2.75. The fourth-order valence-electron chi connectivity index (χ4n) is 2.24. The van der Waals surface area contributed by atoms with Crippen molar-refractivity contribution in [2.24, 2.45) is 0 Å². The second-order valence-corrected chi connectivity index (χ2v) is 5.31. The predicted octanol–water partition coefficient (Wildman–Crippen LogP) is 3.75. The Morgan fingerprint density at radius 2 is 1.86 bits per heavy atom. The Balaban J connectivity index is 2.29. The summed E-state index contributed by atoms with van der Waals surface area (Å²) in [5.74, 6) is 1.97. The number of hydrogen-bond acceptors (Lipinski definition) is 4. The number of aryl methyl sites for hydroxylation is 2. The van der Waals surface area contributed by atoms with Gasteiger partial charge in [-0.25, -0.2) is 15.0 Å². The number of nitrogens with zero attached hydrogens (tertiary/aromatic N) is 4. The molecule has 0 aliphatic rings. The van der Waals surface area contributed by atoms with Crippen LogP contribution in [-0.2, 0) is 0 Å². The van der Waals surface area contributed by atoms with Crippen LogP contribution in [0.2, 0.25) is 10.2 Å². The highest BCUT2D eigenvalue weighted by atomic mass is 35.5. The standard InChI is InChI=1S/C14H12Cl2N4O/c1-7-17-13(16)12-14(18-7)20(8(2)19-12)9-4-5-11(21-3)10(15)6-9/h4-6H,1-3H3. The highest BCUT2D eigenvalue weighted by molar-refractivity contribution is 6.33. The average molecular weight is 323 g/mol. The van der Waals surface area contributed by atoms with E-state index in [4.69, 9.17) is 27.9 Å². The molecule has 108 valence electrons. The molecule has 3 aromatic rings. The summed E-state index contributed by atoms with van der Waals surface area (Å²) >= 11 is 12.3. The number of methoxy groups -OCH3 is 1. The van der Waals surface area contributed by atoms with Gasteiger partial charge in [-0.15, -0.1) is 0 Å². The summed E-state index contributed by atoms with van der Waals surface area (Å²) in [6.45, 7) is 3.67. The molecule has 1 aromatic carbocycles. The monoisotopic (exact) mass is 322 g/mol. The zero-order valence-corrected chi connectivity index (χ0v) is 13.2. The highest BCUT2D eigenvalue weighted by Gasteiger charge is 2.16. The summed E-state index contributed by atoms with van der Waals surface area (Å²) in [6, 6.07) is 5.50. The molecule has 0 aliphatic carbocycles. The van der Waals surface area contributed by atoms with E-state index in [0.29, 0.717) is 32.9 Å². The molecule has 2 aromatic heterocycles. The molecule has 7 heteroatoms. The number of fused-ring (bicyclic) bond motifs is 1. The van der Waals surface area contributed by atoms with Crippen LogP contribution in [-0.4, -0.2) is 26.6 Å². The summed E-state index contributed by atoms with van der Waals surface area (Å²) in [5, 5.41) is 0.868. The third kappa shape index (κ3) is 2.32. The summed E-state index contributed by atoms with van der Waals surface area (Å²) in [5.41, 5.74) is 2.08. The van der Waals surface area contributed by atoms with E-state index in [9.17, 15) is 0 Å². The van der Waals surface area contributed by atoms with Crippen LogP contribution in [0.25, 0.3) is 16.9 Å². The summed E-state index contributed by atoms with van der Waals surface area (Å²) < 4.78 is 7.06. The zero-order valence-electron chi connectivity index (χ0n) is 11.7. The quantitative estimate of drug-likeness (QED) is 0.674. The molecular weight excluding hydrogens is 311 g/mol. The Morgan fingerprint density at radius 3 is 2.52 bits per heavy atom. The molecule has 0 N–H and O–H groups in total. The maximum atomic E-state index is 6.19. The molecule has 0 fully saturated rings. The van der Waals surface area contributed by atoms with Crippen molar-refractivity contribution in [3.05, 3.63) is 40.0 Å². The van der Waals surface area contributed by atoms with Crippen molar-refractivity contribution in [2.75, 3.05) is 7.11 Å². The Morgan fingerprint density at radius 1 is 1.10 bits per heavy atom. The Kier molecular flexibility index (Phi) is 3.47. The van der Waals surface area contributed by atoms with Crippen molar-refractivity contribution in [2.45, 2.75) is 13.8 Å². The van der Waals surface area contributed by atoms with Crippen LogP contribution in [0.4, 0.5) is 0 Å².